The maximum atomic E-state index is 6.09. The maximum Gasteiger partial charge on any atom is 0.139 e. The van der Waals surface area contributed by atoms with Crippen LogP contribution in [0.4, 0.5) is 0 Å². The smallest absolute Gasteiger partial charge is 0.139 e. The van der Waals surface area contributed by atoms with E-state index in [1.54, 1.807) is 0 Å². The van der Waals surface area contributed by atoms with Gasteiger partial charge in [0.05, 0.1) is 5.69 Å². The third kappa shape index (κ3) is 3.58. The number of aromatic nitrogens is 2. The number of nitrogens with zero attached hydrogens (tertiary/aromatic N) is 3. The molecule has 0 aliphatic rings. The molecule has 0 saturated carbocycles. The molecule has 0 fully saturated rings. The monoisotopic (exact) mass is 274 g/mol. The summed E-state index contributed by atoms with van der Waals surface area (Å²) in [6.45, 7) is 8.32. The lowest BCUT2D eigenvalue weighted by atomic mass is 10.0. The molecule has 110 valence electrons. The summed E-state index contributed by atoms with van der Waals surface area (Å²) in [6, 6.07) is 4.43. The van der Waals surface area contributed by atoms with E-state index < -0.39 is 0 Å². The minimum Gasteiger partial charge on any atom is -0.327 e. The van der Waals surface area contributed by atoms with E-state index in [0.717, 1.165) is 30.9 Å². The number of hydrogen-bond acceptors (Lipinski definition) is 3. The molecule has 0 aromatic carbocycles. The maximum absolute atomic E-state index is 6.09. The van der Waals surface area contributed by atoms with Gasteiger partial charge in [0.15, 0.2) is 0 Å². The zero-order valence-corrected chi connectivity index (χ0v) is 13.0. The zero-order valence-electron chi connectivity index (χ0n) is 13.0. The van der Waals surface area contributed by atoms with Gasteiger partial charge in [-0.15, -0.1) is 0 Å². The van der Waals surface area contributed by atoms with E-state index in [9.17, 15) is 0 Å². The molecule has 20 heavy (non-hydrogen) atoms. The van der Waals surface area contributed by atoms with Gasteiger partial charge in [-0.25, -0.2) is 4.98 Å². The van der Waals surface area contributed by atoms with Crippen LogP contribution in [0, 0.1) is 12.8 Å². The third-order valence-corrected chi connectivity index (χ3v) is 3.86. The molecule has 0 spiro atoms. The summed E-state index contributed by atoms with van der Waals surface area (Å²) in [6.07, 6.45) is 5.19. The number of hydrogen-bond donors (Lipinski definition) is 1. The highest BCUT2D eigenvalue weighted by Gasteiger charge is 2.10. The van der Waals surface area contributed by atoms with Crippen LogP contribution in [0.25, 0.3) is 5.65 Å². The summed E-state index contributed by atoms with van der Waals surface area (Å²) in [5.74, 6) is 0.543. The summed E-state index contributed by atoms with van der Waals surface area (Å²) < 4.78 is 2.10. The predicted octanol–water partition coefficient (Wildman–Crippen LogP) is 2.45. The van der Waals surface area contributed by atoms with Crippen LogP contribution in [0.5, 0.6) is 0 Å². The third-order valence-electron chi connectivity index (χ3n) is 3.86. The van der Waals surface area contributed by atoms with Crippen molar-refractivity contribution in [2.45, 2.75) is 39.8 Å². The molecule has 4 nitrogen and oxygen atoms in total. The van der Waals surface area contributed by atoms with Crippen LogP contribution in [-0.2, 0) is 6.54 Å². The molecule has 0 saturated heterocycles. The van der Waals surface area contributed by atoms with Crippen LogP contribution in [-0.4, -0.2) is 33.9 Å². The second-order valence-electron chi connectivity index (χ2n) is 6.09. The van der Waals surface area contributed by atoms with Crippen LogP contribution in [0.3, 0.4) is 0 Å². The SMILES string of the molecule is Cc1cccn2cc(CN(C)CCC(N)C(C)C)nc12. The summed E-state index contributed by atoms with van der Waals surface area (Å²) >= 11 is 0. The van der Waals surface area contributed by atoms with Gasteiger partial charge < -0.3 is 15.0 Å². The molecule has 2 heterocycles. The quantitative estimate of drug-likeness (QED) is 0.880. The summed E-state index contributed by atoms with van der Waals surface area (Å²) in [5.41, 5.74) is 9.47. The Hall–Kier alpha value is -1.39. The van der Waals surface area contributed by atoms with Gasteiger partial charge in [-0.1, -0.05) is 19.9 Å². The number of fused-ring (bicyclic) bond motifs is 1. The highest BCUT2D eigenvalue weighted by Crippen LogP contribution is 2.11. The fourth-order valence-corrected chi connectivity index (χ4v) is 2.34. The molecule has 4 heteroatoms. The highest BCUT2D eigenvalue weighted by atomic mass is 15.1. The summed E-state index contributed by atoms with van der Waals surface area (Å²) in [4.78, 5) is 7.00. The van der Waals surface area contributed by atoms with Crippen LogP contribution < -0.4 is 5.73 Å². The summed E-state index contributed by atoms with van der Waals surface area (Å²) in [5, 5.41) is 0. The van der Waals surface area contributed by atoms with Crippen LogP contribution in [0.1, 0.15) is 31.5 Å². The van der Waals surface area contributed by atoms with Gasteiger partial charge in [0, 0.05) is 25.0 Å². The van der Waals surface area contributed by atoms with Gasteiger partial charge in [0.25, 0.3) is 0 Å². The van der Waals surface area contributed by atoms with Crippen LogP contribution in [0.15, 0.2) is 24.5 Å². The largest absolute Gasteiger partial charge is 0.327 e. The first-order valence-corrected chi connectivity index (χ1v) is 7.34. The van der Waals surface area contributed by atoms with Crippen molar-refractivity contribution < 1.29 is 0 Å². The molecule has 2 aromatic rings. The Morgan fingerprint density at radius 2 is 2.15 bits per heavy atom. The molecule has 2 aromatic heterocycles. The Balaban J connectivity index is 1.96. The van der Waals surface area contributed by atoms with Gasteiger partial charge in [0.2, 0.25) is 0 Å². The molecule has 1 unspecified atom stereocenters. The minimum absolute atomic E-state index is 0.278. The van der Waals surface area contributed by atoms with Crippen molar-refractivity contribution in [1.82, 2.24) is 14.3 Å². The zero-order chi connectivity index (χ0) is 14.7. The molecule has 0 radical (unpaired) electrons. The normalized spacial score (nSPS) is 13.6. The highest BCUT2D eigenvalue weighted by molar-refractivity contribution is 5.47. The van der Waals surface area contributed by atoms with Crippen molar-refractivity contribution >= 4 is 5.65 Å². The van der Waals surface area contributed by atoms with E-state index in [4.69, 9.17) is 10.7 Å². The van der Waals surface area contributed by atoms with Crippen LogP contribution in [0.2, 0.25) is 0 Å². The number of pyridine rings is 1. The molecule has 0 aliphatic heterocycles. The van der Waals surface area contributed by atoms with Crippen molar-refractivity contribution in [1.29, 1.82) is 0 Å². The Kier molecular flexibility index (Phi) is 4.78. The summed E-state index contributed by atoms with van der Waals surface area (Å²) in [7, 11) is 2.13. The standard InChI is InChI=1S/C16H26N4/c1-12(2)15(17)7-9-19(4)10-14-11-20-8-5-6-13(3)16(20)18-14/h5-6,8,11-12,15H,7,9-10,17H2,1-4H3. The van der Waals surface area contributed by atoms with E-state index >= 15 is 0 Å². The van der Waals surface area contributed by atoms with Gasteiger partial charge in [0.1, 0.15) is 5.65 Å². The molecule has 1 atom stereocenters. The Morgan fingerprint density at radius 3 is 2.80 bits per heavy atom. The molecule has 0 amide bonds. The molecular weight excluding hydrogens is 248 g/mol. The molecule has 0 bridgehead atoms. The minimum atomic E-state index is 0.278. The van der Waals surface area contributed by atoms with Crippen molar-refractivity contribution in [2.24, 2.45) is 11.7 Å². The van der Waals surface area contributed by atoms with E-state index in [1.807, 2.05) is 6.20 Å². The number of aryl methyl sites for hydroxylation is 1. The lowest BCUT2D eigenvalue weighted by Gasteiger charge is -2.20. The van der Waals surface area contributed by atoms with E-state index in [-0.39, 0.29) is 6.04 Å². The second-order valence-corrected chi connectivity index (χ2v) is 6.09. The first-order valence-electron chi connectivity index (χ1n) is 7.34. The van der Waals surface area contributed by atoms with Crippen molar-refractivity contribution in [3.63, 3.8) is 0 Å². The molecule has 2 rings (SSSR count). The Labute approximate surface area is 121 Å². The van der Waals surface area contributed by atoms with Gasteiger partial charge in [-0.05, 0) is 44.5 Å². The molecular formula is C16H26N4. The number of rotatable bonds is 6. The molecule has 2 N–H and O–H groups in total. The lowest BCUT2D eigenvalue weighted by Crippen LogP contribution is -2.31. The molecule has 0 aliphatic carbocycles. The van der Waals surface area contributed by atoms with Gasteiger partial charge in [-0.2, -0.15) is 0 Å². The first-order chi connectivity index (χ1) is 9.47. The fourth-order valence-electron chi connectivity index (χ4n) is 2.34. The number of nitrogens with two attached hydrogens (primary N) is 1. The predicted molar refractivity (Wildman–Crippen MR) is 83.7 cm³/mol. The van der Waals surface area contributed by atoms with E-state index in [1.165, 1.54) is 5.56 Å². The van der Waals surface area contributed by atoms with Crippen LogP contribution >= 0.6 is 0 Å². The topological polar surface area (TPSA) is 46.6 Å². The van der Waals surface area contributed by atoms with Crippen molar-refractivity contribution in [3.8, 4) is 0 Å². The van der Waals surface area contributed by atoms with Crippen molar-refractivity contribution in [2.75, 3.05) is 13.6 Å². The number of imidazole rings is 1. The fraction of sp³-hybridized carbons (Fsp3) is 0.562. The Morgan fingerprint density at radius 1 is 1.40 bits per heavy atom. The van der Waals surface area contributed by atoms with E-state index in [2.05, 4.69) is 55.4 Å². The lowest BCUT2D eigenvalue weighted by molar-refractivity contribution is 0.294. The van der Waals surface area contributed by atoms with Gasteiger partial charge in [-0.3, -0.25) is 0 Å². The average Bonchev–Trinajstić information content (AvgIpc) is 2.79. The van der Waals surface area contributed by atoms with Crippen molar-refractivity contribution in [3.05, 3.63) is 35.8 Å². The van der Waals surface area contributed by atoms with Gasteiger partial charge >= 0.3 is 0 Å². The van der Waals surface area contributed by atoms with E-state index in [0.29, 0.717) is 5.92 Å². The first kappa shape index (κ1) is 15.0. The Bertz CT molecular complexity index is 559. The average molecular weight is 274 g/mol. The second kappa shape index (κ2) is 6.37.